The van der Waals surface area contributed by atoms with Crippen LogP contribution >= 0.6 is 0 Å². The molecule has 2 rings (SSSR count). The maximum atomic E-state index is 11.5. The van der Waals surface area contributed by atoms with E-state index >= 15 is 0 Å². The highest BCUT2D eigenvalue weighted by Gasteiger charge is 2.17. The van der Waals surface area contributed by atoms with Gasteiger partial charge in [0.15, 0.2) is 0 Å². The molecule has 0 aliphatic heterocycles. The first-order valence-electron chi connectivity index (χ1n) is 8.52. The van der Waals surface area contributed by atoms with Crippen molar-refractivity contribution in [3.05, 3.63) is 65.2 Å². The topological polar surface area (TPSA) is 80.7 Å². The predicted molar refractivity (Wildman–Crippen MR) is 100 cm³/mol. The number of hydrogen-bond acceptors (Lipinski definition) is 4. The average molecular weight is 376 g/mol. The van der Waals surface area contributed by atoms with Crippen molar-refractivity contribution >= 4 is 16.1 Å². The molecule has 26 heavy (non-hydrogen) atoms. The summed E-state index contributed by atoms with van der Waals surface area (Å²) in [7, 11) is -2.81. The van der Waals surface area contributed by atoms with E-state index in [1.165, 1.54) is 19.2 Å². The summed E-state index contributed by atoms with van der Waals surface area (Å²) in [5, 5.41) is 0. The molecule has 0 saturated carbocycles. The van der Waals surface area contributed by atoms with Crippen molar-refractivity contribution in [1.29, 1.82) is 0 Å². The van der Waals surface area contributed by atoms with Gasteiger partial charge < -0.3 is 4.74 Å². The fourth-order valence-electron chi connectivity index (χ4n) is 3.08. The van der Waals surface area contributed by atoms with Gasteiger partial charge in [0, 0.05) is 0 Å². The van der Waals surface area contributed by atoms with E-state index in [1.54, 1.807) is 24.3 Å². The van der Waals surface area contributed by atoms with Crippen LogP contribution in [0, 0.1) is 0 Å². The zero-order valence-corrected chi connectivity index (χ0v) is 16.0. The molecular formula is C20H24O5S. The summed E-state index contributed by atoms with van der Waals surface area (Å²) in [6.07, 6.45) is 1.80. The molecule has 0 amide bonds. The first-order chi connectivity index (χ1) is 12.3. The Bertz CT molecular complexity index is 839. The predicted octanol–water partition coefficient (Wildman–Crippen LogP) is 4.41. The Morgan fingerprint density at radius 3 is 2.04 bits per heavy atom. The highest BCUT2D eigenvalue weighted by Crippen LogP contribution is 2.32. The molecule has 0 aliphatic carbocycles. The van der Waals surface area contributed by atoms with Crippen molar-refractivity contribution < 1.29 is 22.5 Å². The van der Waals surface area contributed by atoms with Gasteiger partial charge in [-0.1, -0.05) is 38.1 Å². The normalized spacial score (nSPS) is 13.8. The van der Waals surface area contributed by atoms with Gasteiger partial charge in [-0.3, -0.25) is 4.55 Å². The van der Waals surface area contributed by atoms with Crippen molar-refractivity contribution in [2.45, 2.75) is 43.4 Å². The van der Waals surface area contributed by atoms with Gasteiger partial charge in [-0.25, -0.2) is 4.79 Å². The summed E-state index contributed by atoms with van der Waals surface area (Å²) in [5.41, 5.74) is 2.69. The van der Waals surface area contributed by atoms with Gasteiger partial charge in [0.1, 0.15) is 0 Å². The maximum Gasteiger partial charge on any atom is 0.337 e. The van der Waals surface area contributed by atoms with Crippen LogP contribution in [0.3, 0.4) is 0 Å². The highest BCUT2D eigenvalue weighted by molar-refractivity contribution is 7.85. The van der Waals surface area contributed by atoms with Gasteiger partial charge >= 0.3 is 5.97 Å². The summed E-state index contributed by atoms with van der Waals surface area (Å²) < 4.78 is 36.1. The number of rotatable bonds is 7. The van der Waals surface area contributed by atoms with Crippen LogP contribution < -0.4 is 0 Å². The number of hydrogen-bond donors (Lipinski definition) is 1. The van der Waals surface area contributed by atoms with Crippen LogP contribution in [0.25, 0.3) is 0 Å². The fraction of sp³-hybridized carbons (Fsp3) is 0.350. The molecule has 2 atom stereocenters. The van der Waals surface area contributed by atoms with E-state index in [2.05, 4.69) is 13.8 Å². The lowest BCUT2D eigenvalue weighted by Gasteiger charge is -2.21. The third-order valence-corrected chi connectivity index (χ3v) is 5.55. The largest absolute Gasteiger partial charge is 0.465 e. The van der Waals surface area contributed by atoms with Crippen molar-refractivity contribution in [1.82, 2.24) is 0 Å². The number of carbonyl (C=O) groups excluding carboxylic acids is 1. The van der Waals surface area contributed by atoms with E-state index in [4.69, 9.17) is 9.29 Å². The van der Waals surface area contributed by atoms with E-state index in [0.29, 0.717) is 5.56 Å². The number of carbonyl (C=O) groups is 1. The van der Waals surface area contributed by atoms with Crippen molar-refractivity contribution in [3.63, 3.8) is 0 Å². The van der Waals surface area contributed by atoms with Crippen molar-refractivity contribution in [2.75, 3.05) is 7.11 Å². The molecule has 0 fully saturated rings. The van der Waals surface area contributed by atoms with E-state index in [9.17, 15) is 13.2 Å². The molecular weight excluding hydrogens is 352 g/mol. The molecule has 0 saturated heterocycles. The van der Waals surface area contributed by atoms with Crippen LogP contribution in [0.5, 0.6) is 0 Å². The second kappa shape index (κ2) is 8.47. The second-order valence-electron chi connectivity index (χ2n) is 6.40. The molecule has 0 heterocycles. The number of benzene rings is 2. The minimum Gasteiger partial charge on any atom is -0.465 e. The van der Waals surface area contributed by atoms with E-state index in [0.717, 1.165) is 24.0 Å². The molecule has 1 N–H and O–H groups in total. The van der Waals surface area contributed by atoms with E-state index in [1.807, 2.05) is 12.1 Å². The monoisotopic (exact) mass is 376 g/mol. The minimum atomic E-state index is -4.17. The van der Waals surface area contributed by atoms with Crippen molar-refractivity contribution in [2.24, 2.45) is 0 Å². The molecule has 0 aromatic heterocycles. The van der Waals surface area contributed by atoms with Crippen LogP contribution in [0.2, 0.25) is 0 Å². The molecule has 2 aromatic carbocycles. The van der Waals surface area contributed by atoms with Crippen LogP contribution in [-0.4, -0.2) is 26.0 Å². The molecule has 140 valence electrons. The fourth-order valence-corrected chi connectivity index (χ4v) is 3.56. The van der Waals surface area contributed by atoms with Gasteiger partial charge in [-0.15, -0.1) is 0 Å². The molecule has 0 aliphatic rings. The maximum absolute atomic E-state index is 11.5. The van der Waals surface area contributed by atoms with Gasteiger partial charge in [0.25, 0.3) is 10.1 Å². The summed E-state index contributed by atoms with van der Waals surface area (Å²) in [4.78, 5) is 11.4. The summed E-state index contributed by atoms with van der Waals surface area (Å²) >= 11 is 0. The van der Waals surface area contributed by atoms with Crippen LogP contribution in [0.1, 0.15) is 60.0 Å². The van der Waals surface area contributed by atoms with Gasteiger partial charge in [-0.05, 0) is 60.1 Å². The summed E-state index contributed by atoms with van der Waals surface area (Å²) in [5.74, 6) is 0.184. The molecule has 0 spiro atoms. The first kappa shape index (κ1) is 20.1. The zero-order valence-electron chi connectivity index (χ0n) is 15.2. The Hall–Kier alpha value is -2.18. The van der Waals surface area contributed by atoms with Gasteiger partial charge in [0.05, 0.1) is 17.6 Å². The Kier molecular flexibility index (Phi) is 6.56. The molecule has 5 nitrogen and oxygen atoms in total. The first-order valence-corrected chi connectivity index (χ1v) is 9.96. The Balaban J connectivity index is 2.12. The smallest absolute Gasteiger partial charge is 0.337 e. The van der Waals surface area contributed by atoms with Crippen LogP contribution in [0.15, 0.2) is 53.4 Å². The third-order valence-electron chi connectivity index (χ3n) is 4.68. The highest BCUT2D eigenvalue weighted by atomic mass is 32.2. The summed E-state index contributed by atoms with van der Waals surface area (Å²) in [6.45, 7) is 4.22. The van der Waals surface area contributed by atoms with Crippen LogP contribution in [-0.2, 0) is 14.9 Å². The SMILES string of the molecule is CCC(CC(C)c1ccc(C(=O)OC)cc1)c1ccc(S(=O)(=O)O)cc1. The standard InChI is InChI=1S/C20H24O5S/c1-4-15(17-9-11-19(12-10-17)26(22,23)24)13-14(2)16-5-7-18(8-6-16)20(21)25-3/h5-12,14-15H,4,13H2,1-3H3,(H,22,23,24). The Labute approximate surface area is 154 Å². The van der Waals surface area contributed by atoms with Gasteiger partial charge in [-0.2, -0.15) is 8.42 Å². The minimum absolute atomic E-state index is 0.0949. The quantitative estimate of drug-likeness (QED) is 0.572. The lowest BCUT2D eigenvalue weighted by molar-refractivity contribution is 0.0600. The molecule has 2 unspecified atom stereocenters. The molecule has 0 radical (unpaired) electrons. The summed E-state index contributed by atoms with van der Waals surface area (Å²) in [6, 6.07) is 13.8. The molecule has 6 heteroatoms. The lowest BCUT2D eigenvalue weighted by atomic mass is 9.84. The van der Waals surface area contributed by atoms with Crippen LogP contribution in [0.4, 0.5) is 0 Å². The van der Waals surface area contributed by atoms with Gasteiger partial charge in [0.2, 0.25) is 0 Å². The second-order valence-corrected chi connectivity index (χ2v) is 7.82. The number of esters is 1. The molecule has 2 aromatic rings. The average Bonchev–Trinajstić information content (AvgIpc) is 2.64. The molecule has 0 bridgehead atoms. The lowest BCUT2D eigenvalue weighted by Crippen LogP contribution is -2.06. The van der Waals surface area contributed by atoms with E-state index in [-0.39, 0.29) is 22.7 Å². The number of ether oxygens (including phenoxy) is 1. The zero-order chi connectivity index (χ0) is 19.3. The van der Waals surface area contributed by atoms with E-state index < -0.39 is 10.1 Å². The van der Waals surface area contributed by atoms with Crippen molar-refractivity contribution in [3.8, 4) is 0 Å². The Morgan fingerprint density at radius 2 is 1.58 bits per heavy atom. The Morgan fingerprint density at radius 1 is 1.04 bits per heavy atom. The number of methoxy groups -OCH3 is 1. The third kappa shape index (κ3) is 4.93.